The van der Waals surface area contributed by atoms with Crippen LogP contribution in [0.5, 0.6) is 0 Å². The molecule has 0 amide bonds. The van der Waals surface area contributed by atoms with E-state index in [9.17, 15) is 21.2 Å². The molecule has 1 aliphatic rings. The molecule has 0 radical (unpaired) electrons. The maximum Gasteiger partial charge on any atom is 0.264 e. The van der Waals surface area contributed by atoms with Crippen molar-refractivity contribution in [3.05, 3.63) is 53.3 Å². The summed E-state index contributed by atoms with van der Waals surface area (Å²) in [6.45, 7) is 0.836. The topological polar surface area (TPSA) is 83.5 Å². The Morgan fingerprint density at radius 1 is 1.00 bits per heavy atom. The Morgan fingerprint density at radius 3 is 2.31 bits per heavy atom. The van der Waals surface area contributed by atoms with Crippen LogP contribution in [0.15, 0.2) is 52.3 Å². The van der Waals surface area contributed by atoms with Crippen LogP contribution >= 0.6 is 11.6 Å². The van der Waals surface area contributed by atoms with Crippen molar-refractivity contribution in [3.8, 4) is 0 Å². The van der Waals surface area contributed by atoms with Crippen molar-refractivity contribution in [1.82, 2.24) is 4.31 Å². The second-order valence-corrected chi connectivity index (χ2v) is 9.78. The van der Waals surface area contributed by atoms with E-state index in [2.05, 4.69) is 4.72 Å². The zero-order valence-electron chi connectivity index (χ0n) is 13.5. The van der Waals surface area contributed by atoms with Gasteiger partial charge in [0.05, 0.1) is 15.6 Å². The quantitative estimate of drug-likeness (QED) is 0.808. The molecule has 0 unspecified atom stereocenters. The highest BCUT2D eigenvalue weighted by atomic mass is 35.5. The number of nitrogens with zero attached hydrogens (tertiary/aromatic N) is 1. The van der Waals surface area contributed by atoms with Crippen LogP contribution in [-0.4, -0.2) is 34.2 Å². The first-order chi connectivity index (χ1) is 12.2. The Hall–Kier alpha value is -1.68. The summed E-state index contributed by atoms with van der Waals surface area (Å²) in [6, 6.07) is 8.63. The van der Waals surface area contributed by atoms with Crippen LogP contribution in [0.3, 0.4) is 0 Å². The number of hydrogen-bond acceptors (Lipinski definition) is 4. The predicted molar refractivity (Wildman–Crippen MR) is 96.7 cm³/mol. The molecular weight excluding hydrogens is 403 g/mol. The number of halogens is 2. The zero-order chi connectivity index (χ0) is 18.9. The predicted octanol–water partition coefficient (Wildman–Crippen LogP) is 3.06. The minimum atomic E-state index is -4.27. The number of hydrogen-bond donors (Lipinski definition) is 1. The van der Waals surface area contributed by atoms with Crippen LogP contribution in [-0.2, 0) is 20.0 Å². The van der Waals surface area contributed by atoms with Crippen LogP contribution < -0.4 is 4.72 Å². The molecule has 1 fully saturated rings. The van der Waals surface area contributed by atoms with E-state index < -0.39 is 30.8 Å². The van der Waals surface area contributed by atoms with Gasteiger partial charge in [-0.3, -0.25) is 4.72 Å². The highest BCUT2D eigenvalue weighted by Gasteiger charge is 2.28. The molecule has 6 nitrogen and oxygen atoms in total. The molecule has 0 aliphatic carbocycles. The maximum absolute atomic E-state index is 13.8. The first kappa shape index (κ1) is 19.1. The summed E-state index contributed by atoms with van der Waals surface area (Å²) in [6.07, 6.45) is 1.55. The normalized spacial score (nSPS) is 15.9. The van der Waals surface area contributed by atoms with Gasteiger partial charge in [-0.15, -0.1) is 0 Å². The summed E-state index contributed by atoms with van der Waals surface area (Å²) in [5, 5.41) is 0.00489. The molecule has 0 aromatic heterocycles. The van der Waals surface area contributed by atoms with Crippen molar-refractivity contribution in [2.45, 2.75) is 22.6 Å². The van der Waals surface area contributed by atoms with Gasteiger partial charge in [-0.2, -0.15) is 4.31 Å². The van der Waals surface area contributed by atoms with Gasteiger partial charge >= 0.3 is 0 Å². The number of benzene rings is 2. The third-order valence-corrected chi connectivity index (χ3v) is 7.63. The summed E-state index contributed by atoms with van der Waals surface area (Å²) in [4.78, 5) is -0.626. The molecule has 1 heterocycles. The van der Waals surface area contributed by atoms with E-state index in [4.69, 9.17) is 11.6 Å². The van der Waals surface area contributed by atoms with E-state index in [1.54, 1.807) is 0 Å². The van der Waals surface area contributed by atoms with Crippen LogP contribution in [0.1, 0.15) is 12.8 Å². The van der Waals surface area contributed by atoms with Gasteiger partial charge in [-0.1, -0.05) is 23.7 Å². The molecule has 0 atom stereocenters. The Bertz CT molecular complexity index is 1040. The first-order valence-corrected chi connectivity index (χ1v) is 11.1. The van der Waals surface area contributed by atoms with Gasteiger partial charge < -0.3 is 0 Å². The fourth-order valence-electron chi connectivity index (χ4n) is 2.68. The largest absolute Gasteiger partial charge is 0.278 e. The summed E-state index contributed by atoms with van der Waals surface area (Å²) in [5.74, 6) is -0.919. The van der Waals surface area contributed by atoms with Crippen molar-refractivity contribution in [3.63, 3.8) is 0 Å². The van der Waals surface area contributed by atoms with Gasteiger partial charge in [0.2, 0.25) is 10.0 Å². The smallest absolute Gasteiger partial charge is 0.264 e. The van der Waals surface area contributed by atoms with Crippen molar-refractivity contribution >= 4 is 37.3 Å². The average molecular weight is 419 g/mol. The Morgan fingerprint density at radius 2 is 1.65 bits per heavy atom. The average Bonchev–Trinajstić information content (AvgIpc) is 3.12. The fraction of sp³-hybridized carbons (Fsp3) is 0.250. The van der Waals surface area contributed by atoms with E-state index in [1.165, 1.54) is 28.6 Å². The van der Waals surface area contributed by atoms with E-state index in [0.717, 1.165) is 31.0 Å². The van der Waals surface area contributed by atoms with Gasteiger partial charge in [0.25, 0.3) is 10.0 Å². The summed E-state index contributed by atoms with van der Waals surface area (Å²) in [5.41, 5.74) is -0.129. The molecule has 0 bridgehead atoms. The van der Waals surface area contributed by atoms with Crippen molar-refractivity contribution in [2.24, 2.45) is 0 Å². The van der Waals surface area contributed by atoms with Crippen molar-refractivity contribution in [1.29, 1.82) is 0 Å². The lowest BCUT2D eigenvalue weighted by atomic mass is 10.3. The van der Waals surface area contributed by atoms with Gasteiger partial charge in [-0.05, 0) is 43.2 Å². The monoisotopic (exact) mass is 418 g/mol. The van der Waals surface area contributed by atoms with Crippen LogP contribution in [0.2, 0.25) is 5.02 Å². The molecule has 10 heteroatoms. The minimum Gasteiger partial charge on any atom is -0.278 e. The first-order valence-electron chi connectivity index (χ1n) is 7.79. The SMILES string of the molecule is O=S(=O)(Nc1cc(S(=O)(=O)N2CCCC2)ccc1Cl)c1ccccc1F. The summed E-state index contributed by atoms with van der Waals surface area (Å²) < 4.78 is 67.4. The van der Waals surface area contributed by atoms with E-state index >= 15 is 0 Å². The highest BCUT2D eigenvalue weighted by Crippen LogP contribution is 2.30. The lowest BCUT2D eigenvalue weighted by Gasteiger charge is -2.17. The second-order valence-electron chi connectivity index (χ2n) is 5.79. The molecule has 2 aromatic carbocycles. The van der Waals surface area contributed by atoms with E-state index in [0.29, 0.717) is 13.1 Å². The minimum absolute atomic E-state index is 0.00489. The molecule has 3 rings (SSSR count). The number of anilines is 1. The van der Waals surface area contributed by atoms with Gasteiger partial charge in [-0.25, -0.2) is 21.2 Å². The molecule has 1 saturated heterocycles. The third kappa shape index (κ3) is 3.71. The molecule has 0 saturated carbocycles. The lowest BCUT2D eigenvalue weighted by molar-refractivity contribution is 0.477. The second kappa shape index (κ2) is 7.15. The van der Waals surface area contributed by atoms with E-state index in [-0.39, 0.29) is 15.6 Å². The molecule has 1 aliphatic heterocycles. The molecule has 1 N–H and O–H groups in total. The van der Waals surface area contributed by atoms with Crippen molar-refractivity contribution < 1.29 is 21.2 Å². The van der Waals surface area contributed by atoms with Gasteiger partial charge in [0.15, 0.2) is 0 Å². The standard InChI is InChI=1S/C16H16ClFN2O4S2/c17-13-8-7-12(26(23,24)20-9-3-4-10-20)11-15(13)19-25(21,22)16-6-2-1-5-14(16)18/h1-2,5-8,11,19H,3-4,9-10H2. The van der Waals surface area contributed by atoms with E-state index in [1.807, 2.05) is 0 Å². The third-order valence-electron chi connectivity index (χ3n) is 4.01. The number of sulfonamides is 2. The Labute approximate surface area is 156 Å². The van der Waals surface area contributed by atoms with Crippen LogP contribution in [0.25, 0.3) is 0 Å². The molecular formula is C16H16ClFN2O4S2. The Balaban J connectivity index is 1.97. The highest BCUT2D eigenvalue weighted by molar-refractivity contribution is 7.92. The fourth-order valence-corrected chi connectivity index (χ4v) is 5.60. The maximum atomic E-state index is 13.8. The molecule has 26 heavy (non-hydrogen) atoms. The summed E-state index contributed by atoms with van der Waals surface area (Å²) in [7, 11) is -8.01. The van der Waals surface area contributed by atoms with Gasteiger partial charge in [0, 0.05) is 13.1 Å². The lowest BCUT2D eigenvalue weighted by Crippen LogP contribution is -2.28. The Kier molecular flexibility index (Phi) is 5.25. The van der Waals surface area contributed by atoms with Crippen LogP contribution in [0.4, 0.5) is 10.1 Å². The molecule has 140 valence electrons. The van der Waals surface area contributed by atoms with Gasteiger partial charge in [0.1, 0.15) is 10.7 Å². The number of nitrogens with one attached hydrogen (secondary N) is 1. The molecule has 2 aromatic rings. The summed E-state index contributed by atoms with van der Waals surface area (Å²) >= 11 is 6.01. The van der Waals surface area contributed by atoms with Crippen molar-refractivity contribution in [2.75, 3.05) is 17.8 Å². The molecule has 0 spiro atoms. The zero-order valence-corrected chi connectivity index (χ0v) is 15.9. The number of rotatable bonds is 5. The van der Waals surface area contributed by atoms with Crippen LogP contribution in [0, 0.1) is 5.82 Å².